The van der Waals surface area contributed by atoms with Crippen molar-refractivity contribution in [1.82, 2.24) is 4.90 Å². The Balaban J connectivity index is 2.14. The SMILES string of the molecule is NS(=O)c1ccc(C(=O)N2CCCC2)cc1. The molecule has 1 saturated heterocycles. The van der Waals surface area contributed by atoms with E-state index in [1.54, 1.807) is 24.3 Å². The van der Waals surface area contributed by atoms with Gasteiger partial charge in [0.15, 0.2) is 0 Å². The van der Waals surface area contributed by atoms with Gasteiger partial charge in [0.05, 0.1) is 4.90 Å². The van der Waals surface area contributed by atoms with Crippen molar-refractivity contribution in [3.63, 3.8) is 0 Å². The molecule has 1 aromatic rings. The molecule has 16 heavy (non-hydrogen) atoms. The van der Waals surface area contributed by atoms with E-state index in [0.717, 1.165) is 25.9 Å². The minimum Gasteiger partial charge on any atom is -0.339 e. The van der Waals surface area contributed by atoms with Crippen molar-refractivity contribution < 1.29 is 9.00 Å². The molecular formula is C11H14N2O2S. The molecule has 5 heteroatoms. The zero-order valence-electron chi connectivity index (χ0n) is 8.89. The molecule has 1 aliphatic rings. The Morgan fingerprint density at radius 1 is 1.19 bits per heavy atom. The van der Waals surface area contributed by atoms with Crippen LogP contribution in [0.3, 0.4) is 0 Å². The average Bonchev–Trinajstić information content (AvgIpc) is 2.81. The summed E-state index contributed by atoms with van der Waals surface area (Å²) in [4.78, 5) is 14.3. The Morgan fingerprint density at radius 3 is 2.25 bits per heavy atom. The molecule has 1 unspecified atom stereocenters. The molecule has 2 N–H and O–H groups in total. The van der Waals surface area contributed by atoms with Gasteiger partial charge in [0.25, 0.3) is 5.91 Å². The first-order chi connectivity index (χ1) is 7.68. The van der Waals surface area contributed by atoms with Gasteiger partial charge in [-0.05, 0) is 37.1 Å². The van der Waals surface area contributed by atoms with Gasteiger partial charge in [0, 0.05) is 18.7 Å². The highest BCUT2D eigenvalue weighted by Crippen LogP contribution is 2.14. The summed E-state index contributed by atoms with van der Waals surface area (Å²) in [5.41, 5.74) is 0.635. The second kappa shape index (κ2) is 4.76. The average molecular weight is 238 g/mol. The summed E-state index contributed by atoms with van der Waals surface area (Å²) in [6.45, 7) is 1.67. The van der Waals surface area contributed by atoms with Crippen molar-refractivity contribution in [2.75, 3.05) is 13.1 Å². The Kier molecular flexibility index (Phi) is 3.36. The first-order valence-corrected chi connectivity index (χ1v) is 6.45. The minimum absolute atomic E-state index is 0.0480. The number of carbonyl (C=O) groups is 1. The number of benzene rings is 1. The minimum atomic E-state index is -1.48. The van der Waals surface area contributed by atoms with Crippen LogP contribution >= 0.6 is 0 Å². The molecule has 1 fully saturated rings. The third-order valence-electron chi connectivity index (χ3n) is 2.73. The highest BCUT2D eigenvalue weighted by molar-refractivity contribution is 7.82. The van der Waals surface area contributed by atoms with Gasteiger partial charge in [-0.1, -0.05) is 0 Å². The van der Waals surface area contributed by atoms with Crippen LogP contribution in [0.2, 0.25) is 0 Å². The summed E-state index contributed by atoms with van der Waals surface area (Å²) in [5, 5.41) is 5.24. The van der Waals surface area contributed by atoms with Gasteiger partial charge in [-0.2, -0.15) is 0 Å². The van der Waals surface area contributed by atoms with E-state index in [0.29, 0.717) is 10.5 Å². The topological polar surface area (TPSA) is 63.4 Å². The fraction of sp³-hybridized carbons (Fsp3) is 0.364. The molecule has 0 aliphatic carbocycles. The maximum Gasteiger partial charge on any atom is 0.253 e. The summed E-state index contributed by atoms with van der Waals surface area (Å²) in [6, 6.07) is 6.64. The van der Waals surface area contributed by atoms with E-state index in [1.807, 2.05) is 4.90 Å². The van der Waals surface area contributed by atoms with Crippen molar-refractivity contribution in [2.45, 2.75) is 17.7 Å². The van der Waals surface area contributed by atoms with Crippen LogP contribution in [0.1, 0.15) is 23.2 Å². The molecular weight excluding hydrogens is 224 g/mol. The van der Waals surface area contributed by atoms with Crippen molar-refractivity contribution in [1.29, 1.82) is 0 Å². The predicted octanol–water partition coefficient (Wildman–Crippen LogP) is 0.904. The van der Waals surface area contributed by atoms with Crippen LogP contribution in [-0.4, -0.2) is 28.1 Å². The Bertz CT molecular complexity index is 410. The molecule has 4 nitrogen and oxygen atoms in total. The molecule has 1 heterocycles. The van der Waals surface area contributed by atoms with Crippen LogP contribution < -0.4 is 5.14 Å². The summed E-state index contributed by atoms with van der Waals surface area (Å²) < 4.78 is 11.0. The molecule has 1 aliphatic heterocycles. The van der Waals surface area contributed by atoms with Crippen molar-refractivity contribution in [3.05, 3.63) is 29.8 Å². The molecule has 0 radical (unpaired) electrons. The van der Waals surface area contributed by atoms with E-state index in [-0.39, 0.29) is 5.91 Å². The maximum atomic E-state index is 11.9. The molecule has 0 aromatic heterocycles. The lowest BCUT2D eigenvalue weighted by Gasteiger charge is -2.15. The van der Waals surface area contributed by atoms with E-state index in [2.05, 4.69) is 0 Å². The van der Waals surface area contributed by atoms with Gasteiger partial charge in [-0.15, -0.1) is 0 Å². The third-order valence-corrected chi connectivity index (χ3v) is 3.46. The fourth-order valence-corrected chi connectivity index (χ4v) is 2.24. The van der Waals surface area contributed by atoms with Crippen LogP contribution in [0.4, 0.5) is 0 Å². The van der Waals surface area contributed by atoms with Crippen LogP contribution in [0.25, 0.3) is 0 Å². The summed E-state index contributed by atoms with van der Waals surface area (Å²) >= 11 is 0. The van der Waals surface area contributed by atoms with Crippen LogP contribution in [0, 0.1) is 0 Å². The number of hydrogen-bond acceptors (Lipinski definition) is 2. The van der Waals surface area contributed by atoms with E-state index in [9.17, 15) is 9.00 Å². The molecule has 2 rings (SSSR count). The predicted molar refractivity (Wildman–Crippen MR) is 62.2 cm³/mol. The first kappa shape index (κ1) is 11.3. The molecule has 0 saturated carbocycles. The number of hydrogen-bond donors (Lipinski definition) is 1. The monoisotopic (exact) mass is 238 g/mol. The highest BCUT2D eigenvalue weighted by atomic mass is 32.2. The molecule has 1 atom stereocenters. The zero-order chi connectivity index (χ0) is 11.5. The second-order valence-corrected chi connectivity index (χ2v) is 4.89. The van der Waals surface area contributed by atoms with Gasteiger partial charge < -0.3 is 4.90 Å². The summed E-state index contributed by atoms with van der Waals surface area (Å²) in [5.74, 6) is 0.0480. The summed E-state index contributed by atoms with van der Waals surface area (Å²) in [7, 11) is -1.48. The van der Waals surface area contributed by atoms with Crippen LogP contribution in [0.15, 0.2) is 29.2 Å². The Labute approximate surface area is 97.0 Å². The molecule has 0 bridgehead atoms. The van der Waals surface area contributed by atoms with Crippen LogP contribution in [-0.2, 0) is 11.0 Å². The Hall–Kier alpha value is -1.20. The number of rotatable bonds is 2. The van der Waals surface area contributed by atoms with Gasteiger partial charge >= 0.3 is 0 Å². The number of carbonyl (C=O) groups excluding carboxylic acids is 1. The number of nitrogens with zero attached hydrogens (tertiary/aromatic N) is 1. The normalized spacial score (nSPS) is 17.4. The first-order valence-electron chi connectivity index (χ1n) is 5.24. The molecule has 86 valence electrons. The highest BCUT2D eigenvalue weighted by Gasteiger charge is 2.19. The second-order valence-electron chi connectivity index (χ2n) is 3.82. The Morgan fingerprint density at radius 2 is 1.75 bits per heavy atom. The van der Waals surface area contributed by atoms with Crippen LogP contribution in [0.5, 0.6) is 0 Å². The van der Waals surface area contributed by atoms with Gasteiger partial charge in [-0.3, -0.25) is 4.79 Å². The molecule has 1 amide bonds. The van der Waals surface area contributed by atoms with E-state index in [1.165, 1.54) is 0 Å². The lowest BCUT2D eigenvalue weighted by Crippen LogP contribution is -2.27. The quantitative estimate of drug-likeness (QED) is 0.832. The lowest BCUT2D eigenvalue weighted by molar-refractivity contribution is 0.0793. The third kappa shape index (κ3) is 2.31. The van der Waals surface area contributed by atoms with E-state index in [4.69, 9.17) is 5.14 Å². The van der Waals surface area contributed by atoms with E-state index < -0.39 is 11.0 Å². The van der Waals surface area contributed by atoms with Gasteiger partial charge in [0.1, 0.15) is 11.0 Å². The fourth-order valence-electron chi connectivity index (χ4n) is 1.83. The van der Waals surface area contributed by atoms with Crippen molar-refractivity contribution >= 4 is 16.9 Å². The largest absolute Gasteiger partial charge is 0.339 e. The smallest absolute Gasteiger partial charge is 0.253 e. The maximum absolute atomic E-state index is 11.9. The standard InChI is InChI=1S/C11H14N2O2S/c12-16(15)10-5-3-9(4-6-10)11(14)13-7-1-2-8-13/h3-6H,1-2,7-8,12H2. The van der Waals surface area contributed by atoms with Crippen molar-refractivity contribution in [2.24, 2.45) is 5.14 Å². The van der Waals surface area contributed by atoms with E-state index >= 15 is 0 Å². The zero-order valence-corrected chi connectivity index (χ0v) is 9.70. The number of likely N-dealkylation sites (tertiary alicyclic amines) is 1. The van der Waals surface area contributed by atoms with Gasteiger partial charge in [0.2, 0.25) is 0 Å². The number of nitrogens with two attached hydrogens (primary N) is 1. The molecule has 0 spiro atoms. The summed E-state index contributed by atoms with van der Waals surface area (Å²) in [6.07, 6.45) is 2.16. The number of amides is 1. The van der Waals surface area contributed by atoms with Crippen molar-refractivity contribution in [3.8, 4) is 0 Å². The van der Waals surface area contributed by atoms with Gasteiger partial charge in [-0.25, -0.2) is 9.35 Å². The lowest BCUT2D eigenvalue weighted by atomic mass is 10.2. The molecule has 1 aromatic carbocycles.